The van der Waals surface area contributed by atoms with Gasteiger partial charge >= 0.3 is 6.09 Å². The molecule has 0 aromatic heterocycles. The van der Waals surface area contributed by atoms with Crippen molar-refractivity contribution in [3.63, 3.8) is 0 Å². The van der Waals surface area contributed by atoms with Crippen molar-refractivity contribution in [2.24, 2.45) is 11.5 Å². The normalized spacial score (nSPS) is 16.6. The van der Waals surface area contributed by atoms with Gasteiger partial charge in [0.15, 0.2) is 0 Å². The molecule has 15 heteroatoms. The molecule has 0 bridgehead atoms. The summed E-state index contributed by atoms with van der Waals surface area (Å²) in [5.74, 6) is -4.04. The number of carbonyl (C=O) groups is 7. The fraction of sp³-hybridized carbons (Fsp3) is 0.682. The van der Waals surface area contributed by atoms with Crippen LogP contribution in [0.4, 0.5) is 4.79 Å². The summed E-state index contributed by atoms with van der Waals surface area (Å²) in [4.78, 5) is 86.0. The molecule has 208 valence electrons. The van der Waals surface area contributed by atoms with Crippen LogP contribution >= 0.6 is 0 Å². The Bertz CT molecular complexity index is 902. The number of likely N-dealkylation sites (N-methyl/N-ethyl adjacent to an activating group) is 1. The number of nitrogens with two attached hydrogens (primary N) is 2. The standard InChI is InChI=1S/C22H37N7O8/c1-22(2,3)37-21(36)28-13(10-16(24)31)20(35)29-9-5-6-14(29)19(34)26-11-17(32)27-12(18(33)25-4)7-8-15(23)30/h12-14H,5-11H2,1-4H3,(H2,23,30)(H2,24,31)(H,25,33)(H,26,34)(H,27,32)(H,28,36). The van der Waals surface area contributed by atoms with E-state index < -0.39 is 78.2 Å². The van der Waals surface area contributed by atoms with Crippen molar-refractivity contribution in [2.75, 3.05) is 20.1 Å². The average molecular weight is 528 g/mol. The lowest BCUT2D eigenvalue weighted by atomic mass is 10.1. The molecule has 0 aromatic carbocycles. The van der Waals surface area contributed by atoms with Gasteiger partial charge in [-0.1, -0.05) is 0 Å². The zero-order valence-electron chi connectivity index (χ0n) is 21.5. The summed E-state index contributed by atoms with van der Waals surface area (Å²) >= 11 is 0. The van der Waals surface area contributed by atoms with Gasteiger partial charge in [-0.05, 0) is 40.0 Å². The molecule has 1 fully saturated rings. The Morgan fingerprint density at radius 1 is 1.00 bits per heavy atom. The molecular weight excluding hydrogens is 490 g/mol. The summed E-state index contributed by atoms with van der Waals surface area (Å²) in [6, 6.07) is -3.33. The first kappa shape index (κ1) is 31.1. The van der Waals surface area contributed by atoms with Crippen molar-refractivity contribution in [1.82, 2.24) is 26.2 Å². The largest absolute Gasteiger partial charge is 0.444 e. The van der Waals surface area contributed by atoms with E-state index in [1.165, 1.54) is 11.9 Å². The van der Waals surface area contributed by atoms with Gasteiger partial charge in [0.1, 0.15) is 23.7 Å². The van der Waals surface area contributed by atoms with Gasteiger partial charge in [-0.3, -0.25) is 28.8 Å². The Hall–Kier alpha value is -3.91. The van der Waals surface area contributed by atoms with Crippen LogP contribution in [0.5, 0.6) is 0 Å². The quantitative estimate of drug-likeness (QED) is 0.157. The van der Waals surface area contributed by atoms with E-state index in [1.807, 2.05) is 0 Å². The third kappa shape index (κ3) is 11.1. The molecule has 1 aliphatic heterocycles. The van der Waals surface area contributed by atoms with E-state index in [1.54, 1.807) is 20.8 Å². The van der Waals surface area contributed by atoms with Gasteiger partial charge in [0.25, 0.3) is 0 Å². The van der Waals surface area contributed by atoms with Gasteiger partial charge in [-0.15, -0.1) is 0 Å². The molecule has 7 amide bonds. The summed E-state index contributed by atoms with van der Waals surface area (Å²) in [5, 5.41) is 9.52. The zero-order valence-corrected chi connectivity index (χ0v) is 21.5. The molecule has 37 heavy (non-hydrogen) atoms. The highest BCUT2D eigenvalue weighted by atomic mass is 16.6. The first-order valence-corrected chi connectivity index (χ1v) is 11.8. The van der Waals surface area contributed by atoms with Crippen LogP contribution < -0.4 is 32.7 Å². The van der Waals surface area contributed by atoms with Crippen LogP contribution in [0, 0.1) is 0 Å². The minimum atomic E-state index is -1.34. The SMILES string of the molecule is CNC(=O)C(CCC(N)=O)NC(=O)CNC(=O)C1CCCN1C(=O)C(CC(N)=O)NC(=O)OC(C)(C)C. The van der Waals surface area contributed by atoms with Gasteiger partial charge in [-0.2, -0.15) is 0 Å². The number of primary amides is 2. The molecule has 8 N–H and O–H groups in total. The van der Waals surface area contributed by atoms with E-state index in [0.29, 0.717) is 6.42 Å². The number of likely N-dealkylation sites (tertiary alicyclic amines) is 1. The molecule has 1 aliphatic rings. The molecule has 15 nitrogen and oxygen atoms in total. The van der Waals surface area contributed by atoms with Crippen molar-refractivity contribution >= 4 is 41.5 Å². The highest BCUT2D eigenvalue weighted by molar-refractivity contribution is 5.96. The first-order valence-electron chi connectivity index (χ1n) is 11.8. The highest BCUT2D eigenvalue weighted by Crippen LogP contribution is 2.19. The lowest BCUT2D eigenvalue weighted by Crippen LogP contribution is -2.55. The second-order valence-electron chi connectivity index (χ2n) is 9.52. The number of carbonyl (C=O) groups excluding carboxylic acids is 7. The number of nitrogens with one attached hydrogen (secondary N) is 4. The number of nitrogens with zero attached hydrogens (tertiary/aromatic N) is 1. The number of hydrogen-bond donors (Lipinski definition) is 6. The predicted molar refractivity (Wildman–Crippen MR) is 129 cm³/mol. The van der Waals surface area contributed by atoms with E-state index in [4.69, 9.17) is 16.2 Å². The lowest BCUT2D eigenvalue weighted by Gasteiger charge is -2.29. The van der Waals surface area contributed by atoms with E-state index in [0.717, 1.165) is 0 Å². The summed E-state index contributed by atoms with van der Waals surface area (Å²) in [7, 11) is 1.36. The summed E-state index contributed by atoms with van der Waals surface area (Å²) in [5.41, 5.74) is 9.48. The second kappa shape index (κ2) is 14.0. The van der Waals surface area contributed by atoms with E-state index in [2.05, 4.69) is 21.3 Å². The number of ether oxygens (including phenoxy) is 1. The Morgan fingerprint density at radius 3 is 2.19 bits per heavy atom. The topological polar surface area (TPSA) is 232 Å². The summed E-state index contributed by atoms with van der Waals surface area (Å²) in [6.45, 7) is 4.57. The molecule has 3 unspecified atom stereocenters. The average Bonchev–Trinajstić information content (AvgIpc) is 3.27. The van der Waals surface area contributed by atoms with Crippen LogP contribution in [-0.2, 0) is 33.5 Å². The molecule has 0 aliphatic carbocycles. The molecule has 1 saturated heterocycles. The molecule has 3 atom stereocenters. The van der Waals surface area contributed by atoms with Crippen molar-refractivity contribution in [3.8, 4) is 0 Å². The van der Waals surface area contributed by atoms with E-state index in [-0.39, 0.29) is 25.8 Å². The molecule has 0 spiro atoms. The van der Waals surface area contributed by atoms with Crippen molar-refractivity contribution in [3.05, 3.63) is 0 Å². The highest BCUT2D eigenvalue weighted by Gasteiger charge is 2.38. The van der Waals surface area contributed by atoms with Crippen LogP contribution in [0.3, 0.4) is 0 Å². The van der Waals surface area contributed by atoms with Crippen molar-refractivity contribution in [1.29, 1.82) is 0 Å². The zero-order chi connectivity index (χ0) is 28.3. The number of amides is 7. The van der Waals surface area contributed by atoms with Gasteiger partial charge in [0.2, 0.25) is 35.4 Å². The maximum absolute atomic E-state index is 13.1. The molecule has 0 radical (unpaired) electrons. The Morgan fingerprint density at radius 2 is 1.65 bits per heavy atom. The molecule has 1 heterocycles. The molecule has 0 aromatic rings. The number of alkyl carbamates (subject to hydrolysis) is 1. The van der Waals surface area contributed by atoms with Gasteiger partial charge in [-0.25, -0.2) is 4.79 Å². The summed E-state index contributed by atoms with van der Waals surface area (Å²) in [6.07, 6.45) is -0.825. The Labute approximate surface area is 214 Å². The van der Waals surface area contributed by atoms with Gasteiger partial charge in [0, 0.05) is 20.0 Å². The molecule has 0 saturated carbocycles. The fourth-order valence-corrected chi connectivity index (χ4v) is 3.61. The minimum Gasteiger partial charge on any atom is -0.444 e. The van der Waals surface area contributed by atoms with Gasteiger partial charge < -0.3 is 42.4 Å². The maximum atomic E-state index is 13.1. The number of hydrogen-bond acceptors (Lipinski definition) is 8. The van der Waals surface area contributed by atoms with Gasteiger partial charge in [0.05, 0.1) is 13.0 Å². The third-order valence-electron chi connectivity index (χ3n) is 5.23. The molecule has 1 rings (SSSR count). The Kier molecular flexibility index (Phi) is 11.8. The third-order valence-corrected chi connectivity index (χ3v) is 5.23. The van der Waals surface area contributed by atoms with Crippen LogP contribution in [-0.4, -0.2) is 90.3 Å². The van der Waals surface area contributed by atoms with Crippen LogP contribution in [0.1, 0.15) is 52.9 Å². The predicted octanol–water partition coefficient (Wildman–Crippen LogP) is -2.64. The van der Waals surface area contributed by atoms with Crippen LogP contribution in [0.2, 0.25) is 0 Å². The van der Waals surface area contributed by atoms with Crippen LogP contribution in [0.25, 0.3) is 0 Å². The van der Waals surface area contributed by atoms with Crippen molar-refractivity contribution in [2.45, 2.75) is 76.6 Å². The smallest absolute Gasteiger partial charge is 0.408 e. The second-order valence-corrected chi connectivity index (χ2v) is 9.52. The number of rotatable bonds is 12. The van der Waals surface area contributed by atoms with E-state index >= 15 is 0 Å². The van der Waals surface area contributed by atoms with Crippen LogP contribution in [0.15, 0.2) is 0 Å². The minimum absolute atomic E-state index is 0.0223. The summed E-state index contributed by atoms with van der Waals surface area (Å²) < 4.78 is 5.14. The fourth-order valence-electron chi connectivity index (χ4n) is 3.61. The van der Waals surface area contributed by atoms with E-state index in [9.17, 15) is 33.6 Å². The first-order chi connectivity index (χ1) is 17.1. The Balaban J connectivity index is 2.80. The van der Waals surface area contributed by atoms with Crippen molar-refractivity contribution < 1.29 is 38.3 Å². The molecular formula is C22H37N7O8. The monoisotopic (exact) mass is 527 g/mol. The lowest BCUT2D eigenvalue weighted by molar-refractivity contribution is -0.141. The maximum Gasteiger partial charge on any atom is 0.408 e.